The zero-order valence-electron chi connectivity index (χ0n) is 17.3. The third kappa shape index (κ3) is 13.9. The van der Waals surface area contributed by atoms with Crippen LogP contribution in [0.2, 0.25) is 0 Å². The predicted molar refractivity (Wildman–Crippen MR) is 119 cm³/mol. The lowest BCUT2D eigenvalue weighted by molar-refractivity contribution is 0.320. The Morgan fingerprint density at radius 2 is 1.27 bits per heavy atom. The highest BCUT2D eigenvalue weighted by Crippen LogP contribution is 2.15. The van der Waals surface area contributed by atoms with Crippen LogP contribution in [-0.4, -0.2) is 24.5 Å². The molecule has 0 radical (unpaired) electrons. The van der Waals surface area contributed by atoms with Crippen molar-refractivity contribution in [3.8, 4) is 0 Å². The summed E-state index contributed by atoms with van der Waals surface area (Å²) in [4.78, 5) is 2.63. The van der Waals surface area contributed by atoms with Crippen molar-refractivity contribution in [3.63, 3.8) is 0 Å². The Morgan fingerprint density at radius 1 is 0.731 bits per heavy atom. The van der Waals surface area contributed by atoms with Gasteiger partial charge >= 0.3 is 0 Å². The first-order valence-electron chi connectivity index (χ1n) is 10.8. The van der Waals surface area contributed by atoms with Gasteiger partial charge in [0.2, 0.25) is 0 Å². The molecule has 1 saturated heterocycles. The van der Waals surface area contributed by atoms with Gasteiger partial charge in [-0.1, -0.05) is 74.6 Å². The lowest BCUT2D eigenvalue weighted by Crippen LogP contribution is -2.21. The van der Waals surface area contributed by atoms with E-state index in [1.165, 1.54) is 45.3 Å². The standard InChI is InChI=1S/C25H41N/c1-3-4-5-6-7-8-9-10-11-12-13-14-15-16-17-18-19-20-22-26-23-21-25(2)24-26/h4-5,7-8,10-11,13-14,16-17,25H,3,6,9,12,15,18-24H2,1-2H3/b5-4-,8-7-,11-10-,14-13-,17-16-. The molecule has 0 spiro atoms. The van der Waals surface area contributed by atoms with E-state index in [0.29, 0.717) is 0 Å². The number of likely N-dealkylation sites (tertiary alicyclic amines) is 1. The lowest BCUT2D eigenvalue weighted by Gasteiger charge is -2.14. The molecule has 0 bridgehead atoms. The lowest BCUT2D eigenvalue weighted by atomic mass is 10.2. The molecule has 1 nitrogen and oxygen atoms in total. The van der Waals surface area contributed by atoms with Crippen molar-refractivity contribution in [2.24, 2.45) is 5.92 Å². The summed E-state index contributed by atoms with van der Waals surface area (Å²) < 4.78 is 0. The van der Waals surface area contributed by atoms with E-state index in [0.717, 1.165) is 38.0 Å². The second-order valence-electron chi connectivity index (χ2n) is 7.40. The van der Waals surface area contributed by atoms with Gasteiger partial charge in [-0.2, -0.15) is 0 Å². The third-order valence-electron chi connectivity index (χ3n) is 4.76. The zero-order chi connectivity index (χ0) is 18.7. The van der Waals surface area contributed by atoms with Crippen LogP contribution in [-0.2, 0) is 0 Å². The second-order valence-corrected chi connectivity index (χ2v) is 7.40. The van der Waals surface area contributed by atoms with Crippen LogP contribution in [0.25, 0.3) is 0 Å². The molecular weight excluding hydrogens is 314 g/mol. The molecule has 146 valence electrons. The van der Waals surface area contributed by atoms with Crippen molar-refractivity contribution in [2.75, 3.05) is 19.6 Å². The normalized spacial score (nSPS) is 19.5. The summed E-state index contributed by atoms with van der Waals surface area (Å²) in [7, 11) is 0. The first kappa shape index (κ1) is 22.7. The molecule has 1 aliphatic heterocycles. The minimum atomic E-state index is 0.918. The smallest absolute Gasteiger partial charge is 0.000750 e. The molecule has 0 amide bonds. The first-order valence-corrected chi connectivity index (χ1v) is 10.8. The molecule has 26 heavy (non-hydrogen) atoms. The largest absolute Gasteiger partial charge is 0.303 e. The van der Waals surface area contributed by atoms with E-state index in [2.05, 4.69) is 79.5 Å². The summed E-state index contributed by atoms with van der Waals surface area (Å²) in [6, 6.07) is 0. The van der Waals surface area contributed by atoms with Crippen LogP contribution >= 0.6 is 0 Å². The first-order chi connectivity index (χ1) is 12.8. The SMILES string of the molecule is CC/C=C\C/C=C\C/C=C\C/C=C\C/C=C\CCCCN1CCC(C)C1. The van der Waals surface area contributed by atoms with Gasteiger partial charge < -0.3 is 4.90 Å². The minimum absolute atomic E-state index is 0.918. The highest BCUT2D eigenvalue weighted by atomic mass is 15.1. The summed E-state index contributed by atoms with van der Waals surface area (Å²) in [6.07, 6.45) is 33.3. The Morgan fingerprint density at radius 3 is 1.77 bits per heavy atom. The highest BCUT2D eigenvalue weighted by Gasteiger charge is 2.17. The summed E-state index contributed by atoms with van der Waals surface area (Å²) in [5, 5.41) is 0. The van der Waals surface area contributed by atoms with Gasteiger partial charge in [-0.15, -0.1) is 0 Å². The van der Waals surface area contributed by atoms with Gasteiger partial charge in [-0.25, -0.2) is 0 Å². The Bertz CT molecular complexity index is 453. The molecule has 0 aliphatic carbocycles. The molecule has 1 fully saturated rings. The van der Waals surface area contributed by atoms with E-state index in [9.17, 15) is 0 Å². The van der Waals surface area contributed by atoms with E-state index in [1.54, 1.807) is 0 Å². The fourth-order valence-corrected chi connectivity index (χ4v) is 3.20. The number of rotatable bonds is 14. The van der Waals surface area contributed by atoms with Crippen molar-refractivity contribution in [1.29, 1.82) is 0 Å². The molecule has 0 N–H and O–H groups in total. The maximum absolute atomic E-state index is 2.63. The Hall–Kier alpha value is -1.34. The maximum atomic E-state index is 2.63. The number of hydrogen-bond donors (Lipinski definition) is 0. The van der Waals surface area contributed by atoms with Crippen LogP contribution in [0.4, 0.5) is 0 Å². The van der Waals surface area contributed by atoms with Gasteiger partial charge in [-0.3, -0.25) is 0 Å². The van der Waals surface area contributed by atoms with Crippen molar-refractivity contribution >= 4 is 0 Å². The summed E-state index contributed by atoms with van der Waals surface area (Å²) in [5.74, 6) is 0.918. The summed E-state index contributed by atoms with van der Waals surface area (Å²) in [5.41, 5.74) is 0. The molecule has 1 atom stereocenters. The van der Waals surface area contributed by atoms with E-state index in [-0.39, 0.29) is 0 Å². The van der Waals surface area contributed by atoms with Crippen LogP contribution in [0.5, 0.6) is 0 Å². The fourth-order valence-electron chi connectivity index (χ4n) is 3.20. The van der Waals surface area contributed by atoms with Crippen LogP contribution in [0.3, 0.4) is 0 Å². The molecular formula is C25H41N. The number of nitrogens with zero attached hydrogens (tertiary/aromatic N) is 1. The topological polar surface area (TPSA) is 3.24 Å². The second kappa shape index (κ2) is 17.1. The van der Waals surface area contributed by atoms with Crippen LogP contribution < -0.4 is 0 Å². The number of hydrogen-bond acceptors (Lipinski definition) is 1. The van der Waals surface area contributed by atoms with E-state index in [1.807, 2.05) is 0 Å². The van der Waals surface area contributed by atoms with Crippen molar-refractivity contribution in [1.82, 2.24) is 4.90 Å². The van der Waals surface area contributed by atoms with E-state index >= 15 is 0 Å². The molecule has 1 unspecified atom stereocenters. The van der Waals surface area contributed by atoms with Crippen LogP contribution in [0, 0.1) is 5.92 Å². The molecule has 1 heterocycles. The van der Waals surface area contributed by atoms with Crippen LogP contribution in [0.1, 0.15) is 71.6 Å². The average Bonchev–Trinajstić information content (AvgIpc) is 3.06. The number of unbranched alkanes of at least 4 members (excludes halogenated alkanes) is 2. The van der Waals surface area contributed by atoms with Gasteiger partial charge in [0, 0.05) is 6.54 Å². The van der Waals surface area contributed by atoms with E-state index < -0.39 is 0 Å². The Balaban J connectivity index is 1.88. The van der Waals surface area contributed by atoms with Crippen LogP contribution in [0.15, 0.2) is 60.8 Å². The quantitative estimate of drug-likeness (QED) is 0.234. The van der Waals surface area contributed by atoms with Crippen molar-refractivity contribution in [3.05, 3.63) is 60.8 Å². The van der Waals surface area contributed by atoms with Gasteiger partial charge in [0.1, 0.15) is 0 Å². The predicted octanol–water partition coefficient (Wildman–Crippen LogP) is 7.25. The summed E-state index contributed by atoms with van der Waals surface area (Å²) >= 11 is 0. The zero-order valence-corrected chi connectivity index (χ0v) is 17.3. The molecule has 1 rings (SSSR count). The molecule has 1 heteroatoms. The fraction of sp³-hybridized carbons (Fsp3) is 0.600. The van der Waals surface area contributed by atoms with Gasteiger partial charge in [0.25, 0.3) is 0 Å². The molecule has 0 aromatic carbocycles. The summed E-state index contributed by atoms with van der Waals surface area (Å²) in [6.45, 7) is 8.49. The monoisotopic (exact) mass is 355 g/mol. The van der Waals surface area contributed by atoms with E-state index in [4.69, 9.17) is 0 Å². The average molecular weight is 356 g/mol. The minimum Gasteiger partial charge on any atom is -0.303 e. The number of allylic oxidation sites excluding steroid dienone is 10. The molecule has 0 saturated carbocycles. The third-order valence-corrected chi connectivity index (χ3v) is 4.76. The van der Waals surface area contributed by atoms with Gasteiger partial charge in [-0.05, 0) is 76.8 Å². The molecule has 0 aromatic rings. The Labute approximate surface area is 163 Å². The Kier molecular flexibility index (Phi) is 14.9. The highest BCUT2D eigenvalue weighted by molar-refractivity contribution is 5.00. The molecule has 0 aromatic heterocycles. The van der Waals surface area contributed by atoms with Crippen molar-refractivity contribution < 1.29 is 0 Å². The van der Waals surface area contributed by atoms with Gasteiger partial charge in [0.05, 0.1) is 0 Å². The maximum Gasteiger partial charge on any atom is 0.000750 e. The van der Waals surface area contributed by atoms with Gasteiger partial charge in [0.15, 0.2) is 0 Å². The van der Waals surface area contributed by atoms with Crippen molar-refractivity contribution in [2.45, 2.75) is 71.6 Å². The molecule has 1 aliphatic rings.